The highest BCUT2D eigenvalue weighted by atomic mass is 35.5. The number of hydrogen-bond donors (Lipinski definition) is 1. The molecule has 3 aromatic carbocycles. The summed E-state index contributed by atoms with van der Waals surface area (Å²) in [5, 5.41) is 3.48. The number of hydrogen-bond acceptors (Lipinski definition) is 4. The van der Waals surface area contributed by atoms with Gasteiger partial charge in [0.05, 0.1) is 17.0 Å². The number of carbonyl (C=O) groups excluding carboxylic acids is 2. The summed E-state index contributed by atoms with van der Waals surface area (Å²) in [5.74, 6) is -1.25. The third-order valence-corrected chi connectivity index (χ3v) is 8.63. The topological polar surface area (TPSA) is 86.8 Å². The van der Waals surface area contributed by atoms with Crippen LogP contribution in [0.1, 0.15) is 44.2 Å². The molecule has 0 aliphatic heterocycles. The summed E-state index contributed by atoms with van der Waals surface area (Å²) in [6.07, 6.45) is 1.98. The van der Waals surface area contributed by atoms with E-state index in [4.69, 9.17) is 23.2 Å². The highest BCUT2D eigenvalue weighted by molar-refractivity contribution is 7.92. The van der Waals surface area contributed by atoms with Crippen molar-refractivity contribution in [3.63, 3.8) is 0 Å². The van der Waals surface area contributed by atoms with Crippen molar-refractivity contribution in [1.82, 2.24) is 10.2 Å². The molecule has 3 rings (SSSR count). The van der Waals surface area contributed by atoms with Crippen molar-refractivity contribution in [1.29, 1.82) is 0 Å². The van der Waals surface area contributed by atoms with E-state index in [2.05, 4.69) is 5.32 Å². The zero-order chi connectivity index (χ0) is 30.9. The fourth-order valence-corrected chi connectivity index (χ4v) is 5.87. The highest BCUT2D eigenvalue weighted by Crippen LogP contribution is 2.31. The average Bonchev–Trinajstić information content (AvgIpc) is 2.95. The Labute approximate surface area is 257 Å². The molecule has 0 spiro atoms. The first-order valence-corrected chi connectivity index (χ1v) is 16.3. The zero-order valence-electron chi connectivity index (χ0n) is 23.9. The van der Waals surface area contributed by atoms with Gasteiger partial charge in [-0.15, -0.1) is 0 Å². The van der Waals surface area contributed by atoms with Crippen LogP contribution >= 0.6 is 23.2 Å². The number of nitrogens with one attached hydrogen (secondary N) is 1. The normalized spacial score (nSPS) is 12.8. The maximum Gasteiger partial charge on any atom is 0.243 e. The molecule has 0 saturated carbocycles. The van der Waals surface area contributed by atoms with E-state index < -0.39 is 27.8 Å². The van der Waals surface area contributed by atoms with Crippen molar-refractivity contribution in [3.8, 4) is 0 Å². The molecule has 0 aromatic heterocycles. The summed E-state index contributed by atoms with van der Waals surface area (Å²) >= 11 is 12.4. The Morgan fingerprint density at radius 2 is 1.67 bits per heavy atom. The van der Waals surface area contributed by atoms with Crippen molar-refractivity contribution in [2.45, 2.75) is 58.2 Å². The molecule has 1 N–H and O–H groups in total. The largest absolute Gasteiger partial charge is 0.352 e. The molecule has 2 atom stereocenters. The van der Waals surface area contributed by atoms with E-state index in [1.807, 2.05) is 44.2 Å². The van der Waals surface area contributed by atoms with E-state index in [1.54, 1.807) is 24.3 Å². The number of carbonyl (C=O) groups is 2. The van der Waals surface area contributed by atoms with Gasteiger partial charge in [-0.25, -0.2) is 12.8 Å². The first-order chi connectivity index (χ1) is 19.9. The lowest BCUT2D eigenvalue weighted by Crippen LogP contribution is -2.52. The molecule has 0 fully saturated rings. The highest BCUT2D eigenvalue weighted by Gasteiger charge is 2.31. The molecule has 2 amide bonds. The van der Waals surface area contributed by atoms with Crippen LogP contribution in [0.3, 0.4) is 0 Å². The number of halogens is 3. The number of sulfonamides is 1. The molecule has 226 valence electrons. The van der Waals surface area contributed by atoms with Crippen LogP contribution in [0.25, 0.3) is 0 Å². The predicted octanol–water partition coefficient (Wildman–Crippen LogP) is 6.23. The molecule has 3 aromatic rings. The van der Waals surface area contributed by atoms with Crippen LogP contribution in [0.15, 0.2) is 72.8 Å². The molecule has 0 heterocycles. The quantitative estimate of drug-likeness (QED) is 0.227. The van der Waals surface area contributed by atoms with Gasteiger partial charge in [0.15, 0.2) is 0 Å². The minimum atomic E-state index is -3.76. The van der Waals surface area contributed by atoms with Crippen LogP contribution < -0.4 is 9.62 Å². The van der Waals surface area contributed by atoms with Gasteiger partial charge in [-0.2, -0.15) is 0 Å². The predicted molar refractivity (Wildman–Crippen MR) is 167 cm³/mol. The summed E-state index contributed by atoms with van der Waals surface area (Å²) < 4.78 is 41.2. The minimum absolute atomic E-state index is 0.0550. The second kappa shape index (κ2) is 15.4. The molecular weight excluding hydrogens is 600 g/mol. The van der Waals surface area contributed by atoms with Crippen LogP contribution in [0.5, 0.6) is 0 Å². The van der Waals surface area contributed by atoms with Crippen molar-refractivity contribution in [2.75, 3.05) is 17.1 Å². The molecule has 0 saturated heterocycles. The third kappa shape index (κ3) is 9.44. The molecule has 0 bridgehead atoms. The molecule has 11 heteroatoms. The molecule has 0 aliphatic carbocycles. The van der Waals surface area contributed by atoms with Crippen LogP contribution in [0.2, 0.25) is 10.0 Å². The van der Waals surface area contributed by atoms with Gasteiger partial charge in [0, 0.05) is 42.6 Å². The van der Waals surface area contributed by atoms with E-state index in [-0.39, 0.29) is 60.6 Å². The van der Waals surface area contributed by atoms with Gasteiger partial charge in [0.25, 0.3) is 0 Å². The Kier molecular flexibility index (Phi) is 12.2. The monoisotopic (exact) mass is 635 g/mol. The Hall–Kier alpha value is -3.14. The molecule has 0 radical (unpaired) electrons. The van der Waals surface area contributed by atoms with E-state index in [0.717, 1.165) is 16.1 Å². The fourth-order valence-electron chi connectivity index (χ4n) is 4.46. The lowest BCUT2D eigenvalue weighted by atomic mass is 10.0. The Bertz CT molecular complexity index is 1470. The molecular formula is C31H36Cl2FN3O4S. The van der Waals surface area contributed by atoms with Crippen molar-refractivity contribution in [2.24, 2.45) is 0 Å². The number of rotatable bonds is 14. The van der Waals surface area contributed by atoms with Gasteiger partial charge in [-0.3, -0.25) is 13.9 Å². The van der Waals surface area contributed by atoms with Crippen molar-refractivity contribution in [3.05, 3.63) is 99.8 Å². The number of amides is 2. The molecule has 0 aliphatic rings. The Balaban J connectivity index is 1.92. The van der Waals surface area contributed by atoms with Crippen LogP contribution in [-0.2, 0) is 32.6 Å². The van der Waals surface area contributed by atoms with Gasteiger partial charge in [0.1, 0.15) is 11.9 Å². The Morgan fingerprint density at radius 3 is 2.31 bits per heavy atom. The van der Waals surface area contributed by atoms with Gasteiger partial charge >= 0.3 is 0 Å². The van der Waals surface area contributed by atoms with Gasteiger partial charge in [-0.1, -0.05) is 78.7 Å². The van der Waals surface area contributed by atoms with Crippen molar-refractivity contribution >= 4 is 50.7 Å². The Morgan fingerprint density at radius 1 is 1.00 bits per heavy atom. The number of anilines is 1. The number of nitrogens with zero attached hydrogens (tertiary/aromatic N) is 2. The molecule has 7 nitrogen and oxygen atoms in total. The van der Waals surface area contributed by atoms with Crippen LogP contribution in [-0.4, -0.2) is 50.0 Å². The fraction of sp³-hybridized carbons (Fsp3) is 0.355. The molecule has 42 heavy (non-hydrogen) atoms. The smallest absolute Gasteiger partial charge is 0.243 e. The van der Waals surface area contributed by atoms with Crippen LogP contribution in [0.4, 0.5) is 10.1 Å². The van der Waals surface area contributed by atoms with E-state index in [1.165, 1.54) is 23.1 Å². The summed E-state index contributed by atoms with van der Waals surface area (Å²) in [5.41, 5.74) is 1.31. The van der Waals surface area contributed by atoms with Crippen molar-refractivity contribution < 1.29 is 22.4 Å². The maximum absolute atomic E-state index is 14.8. The average molecular weight is 637 g/mol. The lowest BCUT2D eigenvalue weighted by Gasteiger charge is -2.33. The summed E-state index contributed by atoms with van der Waals surface area (Å²) in [6, 6.07) is 18.9. The van der Waals surface area contributed by atoms with Gasteiger partial charge < -0.3 is 10.2 Å². The van der Waals surface area contributed by atoms with Crippen LogP contribution in [0, 0.1) is 5.82 Å². The van der Waals surface area contributed by atoms with E-state index in [0.29, 0.717) is 11.4 Å². The first-order valence-electron chi connectivity index (χ1n) is 13.7. The SMILES string of the molecule is CC[C@@H](C)NC(=O)[C@H](Cc1ccccc1)N(Cc1ccccc1F)C(=O)CCCN(c1cc(Cl)ccc1Cl)S(C)(=O)=O. The summed E-state index contributed by atoms with van der Waals surface area (Å²) in [4.78, 5) is 28.8. The van der Waals surface area contributed by atoms with Gasteiger partial charge in [-0.05, 0) is 49.6 Å². The standard InChI is InChI=1S/C31H36Cl2FN3O4S/c1-4-22(2)35-31(39)29(19-23-11-6-5-7-12-23)36(21-24-13-8-9-14-27(24)34)30(38)15-10-18-37(42(3,40)41)28-20-25(32)16-17-26(28)33/h5-9,11-14,16-17,20,22,29H,4,10,15,18-19,21H2,1-3H3,(H,35,39)/t22-,29+/m1/s1. The van der Waals surface area contributed by atoms with E-state index in [9.17, 15) is 22.4 Å². The number of benzene rings is 3. The minimum Gasteiger partial charge on any atom is -0.352 e. The summed E-state index contributed by atoms with van der Waals surface area (Å²) in [7, 11) is -3.76. The first kappa shape index (κ1) is 33.4. The maximum atomic E-state index is 14.8. The third-order valence-electron chi connectivity index (χ3n) is 6.90. The molecule has 0 unspecified atom stereocenters. The second-order valence-corrected chi connectivity index (χ2v) is 12.9. The lowest BCUT2D eigenvalue weighted by molar-refractivity contribution is -0.141. The second-order valence-electron chi connectivity index (χ2n) is 10.2. The van der Waals surface area contributed by atoms with E-state index >= 15 is 0 Å². The zero-order valence-corrected chi connectivity index (χ0v) is 26.2. The summed E-state index contributed by atoms with van der Waals surface area (Å²) in [6.45, 7) is 3.63. The van der Waals surface area contributed by atoms with Gasteiger partial charge in [0.2, 0.25) is 21.8 Å².